The van der Waals surface area contributed by atoms with E-state index in [1.54, 1.807) is 24.3 Å². The lowest BCUT2D eigenvalue weighted by molar-refractivity contribution is -0.151. The Kier molecular flexibility index (Phi) is 11.5. The van der Waals surface area contributed by atoms with E-state index in [2.05, 4.69) is 20.8 Å². The molecule has 13 nitrogen and oxygen atoms in total. The number of carbonyl (C=O) groups is 4. The Morgan fingerprint density at radius 2 is 1.48 bits per heavy atom. The Morgan fingerprint density at radius 1 is 0.887 bits per heavy atom. The molecule has 1 saturated carbocycles. The van der Waals surface area contributed by atoms with Gasteiger partial charge in [0, 0.05) is 17.2 Å². The monoisotopic (exact) mass is 875 g/mol. The fourth-order valence-corrected chi connectivity index (χ4v) is 10.5. The minimum absolute atomic E-state index is 0.00637. The van der Waals surface area contributed by atoms with Crippen molar-refractivity contribution < 1.29 is 37.6 Å². The molecule has 1 unspecified atom stereocenters. The first-order valence-corrected chi connectivity index (χ1v) is 24.0. The molecule has 5 atom stereocenters. The molecule has 5 aromatic rings. The average Bonchev–Trinajstić information content (AvgIpc) is 3.65. The number of halogens is 1. The third-order valence-electron chi connectivity index (χ3n) is 12.8. The van der Waals surface area contributed by atoms with Crippen molar-refractivity contribution in [3.8, 4) is 11.6 Å². The summed E-state index contributed by atoms with van der Waals surface area (Å²) in [6, 6.07) is 26.3. The van der Waals surface area contributed by atoms with Gasteiger partial charge in [-0.3, -0.25) is 24.6 Å². The highest BCUT2D eigenvalue weighted by Gasteiger charge is 2.70. The van der Waals surface area contributed by atoms with Gasteiger partial charge in [0.2, 0.25) is 5.78 Å². The second kappa shape index (κ2) is 16.6. The number of anilines is 2. The SMILES string of the molecule is CN(C)[C@@H]1c2onc(OCc3ccccc3)c2C(=O)[C@@]2(O[Si](C)(C)C(C)(C)C)C(=O)C3C(=O)c4c(c(Cl)nc(NC(=O)Nc5ccccc5)c4OCc4ccccc4)C[C@H]3C[C@@H]12. The molecule has 3 aromatic carbocycles. The normalized spacial score (nSPS) is 22.0. The lowest BCUT2D eigenvalue weighted by atomic mass is 9.54. The summed E-state index contributed by atoms with van der Waals surface area (Å²) in [6.45, 7) is 10.2. The number of ketones is 3. The van der Waals surface area contributed by atoms with Crippen LogP contribution in [0.5, 0.6) is 11.6 Å². The van der Waals surface area contributed by atoms with Crippen molar-refractivity contribution in [3.05, 3.63) is 130 Å². The number of amides is 2. The lowest BCUT2D eigenvalue weighted by Crippen LogP contribution is -2.70. The average molecular weight is 876 g/mol. The second-order valence-corrected chi connectivity index (χ2v) is 23.1. The van der Waals surface area contributed by atoms with Crippen LogP contribution < -0.4 is 20.1 Å². The minimum atomic E-state index is -3.00. The highest BCUT2D eigenvalue weighted by molar-refractivity contribution is 6.74. The number of urea groups is 1. The Bertz CT molecular complexity index is 2530. The van der Waals surface area contributed by atoms with Crippen LogP contribution in [0.15, 0.2) is 95.5 Å². The van der Waals surface area contributed by atoms with Gasteiger partial charge in [-0.2, -0.15) is 0 Å². The van der Waals surface area contributed by atoms with Gasteiger partial charge in [0.15, 0.2) is 42.8 Å². The molecule has 62 heavy (non-hydrogen) atoms. The number of pyridine rings is 1. The van der Waals surface area contributed by atoms with Crippen molar-refractivity contribution in [1.82, 2.24) is 15.0 Å². The summed E-state index contributed by atoms with van der Waals surface area (Å²) in [5, 5.41) is 9.31. The summed E-state index contributed by atoms with van der Waals surface area (Å²) in [6.07, 6.45) is 0.387. The first-order chi connectivity index (χ1) is 29.5. The summed E-state index contributed by atoms with van der Waals surface area (Å²) >= 11 is 6.97. The van der Waals surface area contributed by atoms with Gasteiger partial charge in [-0.15, -0.1) is 0 Å². The zero-order chi connectivity index (χ0) is 44.1. The summed E-state index contributed by atoms with van der Waals surface area (Å²) in [5.74, 6) is -4.51. The molecule has 3 aliphatic carbocycles. The van der Waals surface area contributed by atoms with Crippen LogP contribution in [0.25, 0.3) is 0 Å². The van der Waals surface area contributed by atoms with E-state index >= 15 is 14.4 Å². The van der Waals surface area contributed by atoms with Crippen LogP contribution in [0.1, 0.15) is 76.4 Å². The van der Waals surface area contributed by atoms with Crippen LogP contribution in [0, 0.1) is 17.8 Å². The van der Waals surface area contributed by atoms with Gasteiger partial charge < -0.3 is 23.7 Å². The predicted octanol–water partition coefficient (Wildman–Crippen LogP) is 9.35. The van der Waals surface area contributed by atoms with Crippen LogP contribution in [-0.2, 0) is 28.9 Å². The van der Waals surface area contributed by atoms with Gasteiger partial charge in [0.25, 0.3) is 5.88 Å². The Morgan fingerprint density at radius 3 is 2.08 bits per heavy atom. The van der Waals surface area contributed by atoms with Gasteiger partial charge >= 0.3 is 6.03 Å². The van der Waals surface area contributed by atoms with Crippen LogP contribution in [-0.4, -0.2) is 66.4 Å². The zero-order valence-corrected chi connectivity index (χ0v) is 37.5. The van der Waals surface area contributed by atoms with Gasteiger partial charge in [0.1, 0.15) is 23.9 Å². The van der Waals surface area contributed by atoms with Crippen molar-refractivity contribution in [3.63, 3.8) is 0 Å². The smallest absolute Gasteiger partial charge is 0.324 e. The van der Waals surface area contributed by atoms with E-state index in [9.17, 15) is 4.79 Å². The number of nitrogens with one attached hydrogen (secondary N) is 2. The third kappa shape index (κ3) is 7.63. The lowest BCUT2D eigenvalue weighted by Gasteiger charge is -2.56. The number of rotatable bonds is 11. The Hall–Kier alpha value is -5.67. The maximum absolute atomic E-state index is 16.0. The number of aromatic nitrogens is 2. The van der Waals surface area contributed by atoms with Crippen LogP contribution in [0.2, 0.25) is 23.3 Å². The Labute approximate surface area is 366 Å². The second-order valence-electron chi connectivity index (χ2n) is 18.0. The number of fused-ring (bicyclic) bond motifs is 4. The number of nitrogens with zero attached hydrogens (tertiary/aromatic N) is 3. The number of hydrogen-bond acceptors (Lipinski definition) is 11. The third-order valence-corrected chi connectivity index (χ3v) is 17.5. The zero-order valence-electron chi connectivity index (χ0n) is 35.8. The van der Waals surface area contributed by atoms with Crippen LogP contribution in [0.3, 0.4) is 0 Å². The molecule has 0 spiro atoms. The van der Waals surface area contributed by atoms with E-state index < -0.39 is 66.1 Å². The first kappa shape index (κ1) is 43.0. The number of para-hydroxylation sites is 1. The van der Waals surface area contributed by atoms with E-state index in [0.29, 0.717) is 11.3 Å². The quantitative estimate of drug-likeness (QED) is 0.0739. The van der Waals surface area contributed by atoms with Crippen LogP contribution >= 0.6 is 11.6 Å². The molecular formula is C47H50ClN5O8Si. The largest absolute Gasteiger partial charge is 0.484 e. The molecule has 322 valence electrons. The standard InChI is InChI=1S/C47H50ClN5O8Si/c1-46(2,3)62(6,7)61-47-32(36(53(4)5)38-35(41(47)56)44(52-60-38)59-26-28-19-13-9-14-20-28)24-29-23-31-34(37(54)33(29)40(47)55)39(58-25-27-17-11-8-12-18-27)43(50-42(31)48)51-45(57)49-30-21-15-10-16-22-30/h8-22,29,32-33,36H,23-26H2,1-7H3,(H2,49,50,51,57)/t29-,32-,33?,36-,47-/m0/s1. The maximum atomic E-state index is 16.0. The fraction of sp³-hybridized carbons (Fsp3) is 0.362. The molecule has 2 aromatic heterocycles. The van der Waals surface area contributed by atoms with Crippen molar-refractivity contribution in [2.45, 2.75) is 76.6 Å². The number of Topliss-reactive ketones (excluding diaryl/α,β-unsaturated/α-hetero) is 3. The first-order valence-electron chi connectivity index (χ1n) is 20.7. The highest BCUT2D eigenvalue weighted by Crippen LogP contribution is 2.59. The fourth-order valence-electron chi connectivity index (χ4n) is 8.82. The van der Waals surface area contributed by atoms with E-state index in [1.165, 1.54) is 0 Å². The molecule has 8 rings (SSSR count). The Balaban J connectivity index is 1.25. The van der Waals surface area contributed by atoms with E-state index in [4.69, 9.17) is 30.0 Å². The minimum Gasteiger partial charge on any atom is -0.484 e. The number of ether oxygens (including phenoxy) is 2. The molecule has 1 fully saturated rings. The van der Waals surface area contributed by atoms with Gasteiger partial charge in [-0.25, -0.2) is 9.78 Å². The molecule has 0 bridgehead atoms. The molecule has 0 aliphatic heterocycles. The molecule has 2 heterocycles. The van der Waals surface area contributed by atoms with E-state index in [-0.39, 0.29) is 65.5 Å². The van der Waals surface area contributed by atoms with Crippen molar-refractivity contribution in [2.24, 2.45) is 17.8 Å². The molecule has 3 aliphatic rings. The van der Waals surface area contributed by atoms with Gasteiger partial charge in [-0.05, 0) is 79.4 Å². The van der Waals surface area contributed by atoms with Gasteiger partial charge in [-0.1, -0.05) is 111 Å². The molecule has 2 N–H and O–H groups in total. The molecule has 0 saturated heterocycles. The van der Waals surface area contributed by atoms with Gasteiger partial charge in [0.05, 0.1) is 17.5 Å². The van der Waals surface area contributed by atoms with Crippen LogP contribution in [0.4, 0.5) is 16.3 Å². The molecule has 15 heteroatoms. The molecular weight excluding hydrogens is 826 g/mol. The van der Waals surface area contributed by atoms with Crippen molar-refractivity contribution >= 4 is 54.8 Å². The predicted molar refractivity (Wildman–Crippen MR) is 236 cm³/mol. The molecule has 0 radical (unpaired) electrons. The number of hydrogen-bond donors (Lipinski definition) is 2. The highest BCUT2D eigenvalue weighted by atomic mass is 35.5. The van der Waals surface area contributed by atoms with Crippen molar-refractivity contribution in [1.29, 1.82) is 0 Å². The number of benzene rings is 3. The molecule has 2 amide bonds. The summed E-state index contributed by atoms with van der Waals surface area (Å²) < 4.78 is 25.9. The van der Waals surface area contributed by atoms with E-state index in [0.717, 1.165) is 11.1 Å². The number of carbonyl (C=O) groups excluding carboxylic acids is 4. The maximum Gasteiger partial charge on any atom is 0.324 e. The topological polar surface area (TPSA) is 162 Å². The van der Waals surface area contributed by atoms with Crippen molar-refractivity contribution in [2.75, 3.05) is 24.7 Å². The van der Waals surface area contributed by atoms with E-state index in [1.807, 2.05) is 120 Å². The summed E-state index contributed by atoms with van der Waals surface area (Å²) in [7, 11) is 0.705. The summed E-state index contributed by atoms with van der Waals surface area (Å²) in [4.78, 5) is 67.0. The summed E-state index contributed by atoms with van der Waals surface area (Å²) in [5.41, 5.74) is 0.473.